The van der Waals surface area contributed by atoms with Gasteiger partial charge in [-0.2, -0.15) is 0 Å². The summed E-state index contributed by atoms with van der Waals surface area (Å²) in [7, 11) is 0. The van der Waals surface area contributed by atoms with Gasteiger partial charge in [0.2, 0.25) is 5.91 Å². The molecule has 1 aliphatic heterocycles. The smallest absolute Gasteiger partial charge is 0.271 e. The van der Waals surface area contributed by atoms with Crippen LogP contribution in [-0.2, 0) is 9.53 Å². The molecule has 1 N–H and O–H groups in total. The Labute approximate surface area is 148 Å². The molecule has 1 heterocycles. The molecule has 2 rings (SSSR count). The lowest BCUT2D eigenvalue weighted by Crippen LogP contribution is -2.41. The summed E-state index contributed by atoms with van der Waals surface area (Å²) in [6.07, 6.45) is 0. The van der Waals surface area contributed by atoms with E-state index in [1.807, 2.05) is 50.1 Å². The molecule has 9 heteroatoms. The average molecular weight is 517 g/mol. The third kappa shape index (κ3) is 4.72. The van der Waals surface area contributed by atoms with Gasteiger partial charge in [-0.15, -0.1) is 0 Å². The summed E-state index contributed by atoms with van der Waals surface area (Å²) < 4.78 is 6.54. The molecule has 7 nitrogen and oxygen atoms in total. The Balaban J connectivity index is 2.04. The summed E-state index contributed by atoms with van der Waals surface area (Å²) in [6.45, 7) is 3.05. The van der Waals surface area contributed by atoms with Gasteiger partial charge in [-0.05, 0) is 45.2 Å². The van der Waals surface area contributed by atoms with E-state index in [1.165, 1.54) is 12.1 Å². The van der Waals surface area contributed by atoms with E-state index < -0.39 is 4.92 Å². The summed E-state index contributed by atoms with van der Waals surface area (Å²) in [5.41, 5.74) is 0.648. The van der Waals surface area contributed by atoms with Gasteiger partial charge in [-0.25, -0.2) is 0 Å². The summed E-state index contributed by atoms with van der Waals surface area (Å²) in [5.74, 6) is -0.124. The first-order valence-corrected chi connectivity index (χ1v) is 8.36. The van der Waals surface area contributed by atoms with Gasteiger partial charge in [-0.3, -0.25) is 19.8 Å². The largest absolute Gasteiger partial charge is 0.379 e. The highest BCUT2D eigenvalue weighted by Crippen LogP contribution is 2.29. The molecule has 0 unspecified atom stereocenters. The van der Waals surface area contributed by atoms with Gasteiger partial charge < -0.3 is 10.1 Å². The number of nitrogens with one attached hydrogen (secondary N) is 1. The van der Waals surface area contributed by atoms with Gasteiger partial charge in [0, 0.05) is 32.4 Å². The van der Waals surface area contributed by atoms with Crippen molar-refractivity contribution in [2.24, 2.45) is 0 Å². The number of benzene rings is 1. The van der Waals surface area contributed by atoms with Gasteiger partial charge in [-0.1, -0.05) is 0 Å². The van der Waals surface area contributed by atoms with Crippen molar-refractivity contribution >= 4 is 62.5 Å². The molecule has 0 bridgehead atoms. The van der Waals surface area contributed by atoms with Crippen molar-refractivity contribution in [2.45, 2.75) is 0 Å². The minimum absolute atomic E-state index is 0.0231. The highest BCUT2D eigenvalue weighted by molar-refractivity contribution is 14.1. The van der Waals surface area contributed by atoms with E-state index in [1.54, 1.807) is 0 Å². The van der Waals surface area contributed by atoms with Crippen molar-refractivity contribution < 1.29 is 14.5 Å². The number of non-ortho nitro benzene ring substituents is 1. The third-order valence-electron chi connectivity index (χ3n) is 2.97. The Morgan fingerprint density at radius 3 is 2.43 bits per heavy atom. The van der Waals surface area contributed by atoms with Crippen molar-refractivity contribution in [1.82, 2.24) is 4.90 Å². The minimum Gasteiger partial charge on any atom is -0.379 e. The zero-order valence-electron chi connectivity index (χ0n) is 11.0. The number of nitro benzene ring substituents is 1. The van der Waals surface area contributed by atoms with E-state index in [0.29, 0.717) is 32.6 Å². The number of ether oxygens (including phenoxy) is 1. The fourth-order valence-electron chi connectivity index (χ4n) is 1.93. The third-order valence-corrected chi connectivity index (χ3v) is 4.67. The molecule has 1 aliphatic rings. The first-order chi connectivity index (χ1) is 9.97. The van der Waals surface area contributed by atoms with Crippen LogP contribution in [0.4, 0.5) is 11.4 Å². The molecule has 0 radical (unpaired) electrons. The molecule has 0 atom stereocenters. The quantitative estimate of drug-likeness (QED) is 0.376. The average Bonchev–Trinajstić information content (AvgIpc) is 2.43. The number of amides is 1. The predicted octanol–water partition coefficient (Wildman–Crippen LogP) is 2.07. The fraction of sp³-hybridized carbons (Fsp3) is 0.417. The lowest BCUT2D eigenvalue weighted by atomic mass is 10.3. The van der Waals surface area contributed by atoms with Crippen LogP contribution >= 0.6 is 45.2 Å². The molecule has 0 aliphatic carbocycles. The van der Waals surface area contributed by atoms with Crippen molar-refractivity contribution in [3.63, 3.8) is 0 Å². The number of hydrogen-bond donors (Lipinski definition) is 1. The first kappa shape index (κ1) is 16.8. The number of carbonyl (C=O) groups excluding carboxylic acids is 1. The second-order valence-corrected chi connectivity index (χ2v) is 6.80. The second-order valence-electron chi connectivity index (χ2n) is 4.48. The van der Waals surface area contributed by atoms with E-state index in [4.69, 9.17) is 4.74 Å². The molecule has 1 aromatic carbocycles. The van der Waals surface area contributed by atoms with Gasteiger partial charge in [0.15, 0.2) is 0 Å². The second kappa shape index (κ2) is 7.65. The Morgan fingerprint density at radius 1 is 1.33 bits per heavy atom. The van der Waals surface area contributed by atoms with Crippen LogP contribution in [0.25, 0.3) is 0 Å². The van der Waals surface area contributed by atoms with Crippen molar-refractivity contribution in [1.29, 1.82) is 0 Å². The predicted molar refractivity (Wildman–Crippen MR) is 94.4 cm³/mol. The molecule has 1 saturated heterocycles. The number of hydrogen-bond acceptors (Lipinski definition) is 5. The molecule has 21 heavy (non-hydrogen) atoms. The lowest BCUT2D eigenvalue weighted by Gasteiger charge is -2.25. The van der Waals surface area contributed by atoms with Crippen molar-refractivity contribution in [3.8, 4) is 0 Å². The van der Waals surface area contributed by atoms with Gasteiger partial charge in [0.25, 0.3) is 5.69 Å². The maximum absolute atomic E-state index is 12.1. The van der Waals surface area contributed by atoms with Crippen LogP contribution in [0.2, 0.25) is 0 Å². The maximum atomic E-state index is 12.1. The van der Waals surface area contributed by atoms with E-state index in [0.717, 1.165) is 13.1 Å². The Morgan fingerprint density at radius 2 is 1.90 bits per heavy atom. The van der Waals surface area contributed by atoms with Crippen molar-refractivity contribution in [3.05, 3.63) is 29.4 Å². The number of rotatable bonds is 4. The van der Waals surface area contributed by atoms with Crippen LogP contribution < -0.4 is 5.32 Å². The highest BCUT2D eigenvalue weighted by atomic mass is 127. The van der Waals surface area contributed by atoms with Gasteiger partial charge in [0.05, 0.1) is 30.4 Å². The Bertz CT molecular complexity index is 538. The molecular weight excluding hydrogens is 504 g/mol. The number of nitro groups is 1. The van der Waals surface area contributed by atoms with Crippen molar-refractivity contribution in [2.75, 3.05) is 38.2 Å². The van der Waals surface area contributed by atoms with E-state index in [2.05, 4.69) is 5.32 Å². The maximum Gasteiger partial charge on any atom is 0.271 e. The monoisotopic (exact) mass is 517 g/mol. The molecule has 1 aromatic rings. The fourth-order valence-corrected chi connectivity index (χ4v) is 3.93. The Hall–Kier alpha value is -0.530. The van der Waals surface area contributed by atoms with E-state index in [-0.39, 0.29) is 11.6 Å². The number of morpholine rings is 1. The summed E-state index contributed by atoms with van der Waals surface area (Å²) in [6, 6.07) is 2.90. The normalized spacial score (nSPS) is 15.7. The zero-order chi connectivity index (χ0) is 15.4. The molecule has 0 aromatic heterocycles. The van der Waals surface area contributed by atoms with Gasteiger partial charge in [0.1, 0.15) is 0 Å². The van der Waals surface area contributed by atoms with Crippen LogP contribution in [0.15, 0.2) is 12.1 Å². The van der Waals surface area contributed by atoms with Crippen LogP contribution in [0.1, 0.15) is 0 Å². The van der Waals surface area contributed by atoms with E-state index >= 15 is 0 Å². The number of carbonyl (C=O) groups is 1. The molecular formula is C12H13I2N3O4. The lowest BCUT2D eigenvalue weighted by molar-refractivity contribution is -0.385. The van der Waals surface area contributed by atoms with Crippen LogP contribution in [-0.4, -0.2) is 48.6 Å². The number of nitrogens with zero attached hydrogens (tertiary/aromatic N) is 2. The standard InChI is InChI=1S/C12H13I2N3O4/c13-9-5-8(17(19)20)6-10(14)12(9)15-11(18)7-16-1-3-21-4-2-16/h5-6H,1-4,7H2,(H,15,18). The molecule has 0 spiro atoms. The highest BCUT2D eigenvalue weighted by Gasteiger charge is 2.18. The minimum atomic E-state index is -0.441. The molecule has 114 valence electrons. The van der Waals surface area contributed by atoms with Crippen LogP contribution in [0, 0.1) is 17.3 Å². The summed E-state index contributed by atoms with van der Waals surface area (Å²) in [4.78, 5) is 24.4. The SMILES string of the molecule is O=C(CN1CCOCC1)Nc1c(I)cc([N+](=O)[O-])cc1I. The van der Waals surface area contributed by atoms with E-state index in [9.17, 15) is 14.9 Å². The summed E-state index contributed by atoms with van der Waals surface area (Å²) >= 11 is 3.98. The van der Waals surface area contributed by atoms with Crippen LogP contribution in [0.5, 0.6) is 0 Å². The topological polar surface area (TPSA) is 84.7 Å². The molecule has 0 saturated carbocycles. The Kier molecular flexibility index (Phi) is 6.13. The summed E-state index contributed by atoms with van der Waals surface area (Å²) in [5, 5.41) is 13.6. The number of anilines is 1. The zero-order valence-corrected chi connectivity index (χ0v) is 15.3. The molecule has 1 fully saturated rings. The van der Waals surface area contributed by atoms with Gasteiger partial charge >= 0.3 is 0 Å². The number of halogens is 2. The van der Waals surface area contributed by atoms with Crippen LogP contribution in [0.3, 0.4) is 0 Å². The molecule has 1 amide bonds. The first-order valence-electron chi connectivity index (χ1n) is 6.21.